The monoisotopic (exact) mass is 141 g/mol. The van der Waals surface area contributed by atoms with Crippen molar-refractivity contribution in [3.63, 3.8) is 0 Å². The maximum atomic E-state index is 5.27. The zero-order chi connectivity index (χ0) is 7.98. The molecule has 0 aliphatic carbocycles. The van der Waals surface area contributed by atoms with E-state index in [0.717, 1.165) is 11.3 Å². The minimum atomic E-state index is 0.494. The average Bonchev–Trinajstić information content (AvgIpc) is 2.40. The Balaban J connectivity index is 0.000000371. The van der Waals surface area contributed by atoms with E-state index in [1.165, 1.54) is 0 Å². The van der Waals surface area contributed by atoms with E-state index in [1.54, 1.807) is 6.26 Å². The van der Waals surface area contributed by atoms with E-state index >= 15 is 0 Å². The van der Waals surface area contributed by atoms with Crippen LogP contribution in [-0.2, 0) is 6.54 Å². The Kier molecular flexibility index (Phi) is 4.67. The molecule has 0 amide bonds. The minimum absolute atomic E-state index is 0.494. The van der Waals surface area contributed by atoms with E-state index in [1.807, 2.05) is 26.8 Å². The first-order chi connectivity index (χ1) is 4.83. The van der Waals surface area contributed by atoms with Gasteiger partial charge in [0.2, 0.25) is 0 Å². The number of hydrogen-bond acceptors (Lipinski definition) is 2. The van der Waals surface area contributed by atoms with E-state index in [-0.39, 0.29) is 0 Å². The standard InChI is InChI=1S/C6H9NO.C2H6/c1-5-2-6(3-7)8-4-5;1-2/h2,4H,3,7H2,1H3;1-2H3. The van der Waals surface area contributed by atoms with Crippen LogP contribution < -0.4 is 5.73 Å². The number of aryl methyl sites for hydroxylation is 1. The Morgan fingerprint density at radius 3 is 2.30 bits per heavy atom. The number of furan rings is 1. The van der Waals surface area contributed by atoms with Crippen LogP contribution in [0.4, 0.5) is 0 Å². The lowest BCUT2D eigenvalue weighted by atomic mass is 10.3. The molecule has 2 nitrogen and oxygen atoms in total. The molecule has 1 aromatic heterocycles. The largest absolute Gasteiger partial charge is 0.468 e. The molecule has 0 unspecified atom stereocenters. The zero-order valence-corrected chi connectivity index (χ0v) is 6.85. The molecule has 0 fully saturated rings. The minimum Gasteiger partial charge on any atom is -0.468 e. The van der Waals surface area contributed by atoms with Crippen LogP contribution in [0, 0.1) is 6.92 Å². The quantitative estimate of drug-likeness (QED) is 0.650. The summed E-state index contributed by atoms with van der Waals surface area (Å²) in [5, 5.41) is 0. The van der Waals surface area contributed by atoms with Crippen LogP contribution in [0.5, 0.6) is 0 Å². The fourth-order valence-electron chi connectivity index (χ4n) is 0.598. The first-order valence-electron chi connectivity index (χ1n) is 3.57. The van der Waals surface area contributed by atoms with Crippen LogP contribution >= 0.6 is 0 Å². The van der Waals surface area contributed by atoms with Gasteiger partial charge in [-0.15, -0.1) is 0 Å². The van der Waals surface area contributed by atoms with Gasteiger partial charge in [0.25, 0.3) is 0 Å². The third-order valence-corrected chi connectivity index (χ3v) is 0.986. The van der Waals surface area contributed by atoms with Gasteiger partial charge in [-0.2, -0.15) is 0 Å². The first kappa shape index (κ1) is 9.24. The SMILES string of the molecule is CC.Cc1coc(CN)c1. The molecule has 2 heteroatoms. The summed E-state index contributed by atoms with van der Waals surface area (Å²) in [4.78, 5) is 0. The predicted molar refractivity (Wildman–Crippen MR) is 42.7 cm³/mol. The van der Waals surface area contributed by atoms with Crippen molar-refractivity contribution in [1.82, 2.24) is 0 Å². The second-order valence-corrected chi connectivity index (χ2v) is 1.79. The lowest BCUT2D eigenvalue weighted by Gasteiger charge is -1.80. The van der Waals surface area contributed by atoms with Crippen molar-refractivity contribution in [3.05, 3.63) is 23.7 Å². The van der Waals surface area contributed by atoms with E-state index in [2.05, 4.69) is 0 Å². The Bertz CT molecular complexity index is 170. The summed E-state index contributed by atoms with van der Waals surface area (Å²) in [6.45, 7) is 6.47. The summed E-state index contributed by atoms with van der Waals surface area (Å²) in [5.74, 6) is 0.850. The smallest absolute Gasteiger partial charge is 0.117 e. The highest BCUT2D eigenvalue weighted by Crippen LogP contribution is 2.03. The summed E-state index contributed by atoms with van der Waals surface area (Å²) in [6, 6.07) is 1.93. The number of hydrogen-bond donors (Lipinski definition) is 1. The average molecular weight is 141 g/mol. The Hall–Kier alpha value is -0.760. The molecule has 10 heavy (non-hydrogen) atoms. The van der Waals surface area contributed by atoms with Crippen LogP contribution in [-0.4, -0.2) is 0 Å². The van der Waals surface area contributed by atoms with Crippen molar-refractivity contribution in [1.29, 1.82) is 0 Å². The molecule has 0 bridgehead atoms. The van der Waals surface area contributed by atoms with Gasteiger partial charge in [0.05, 0.1) is 12.8 Å². The van der Waals surface area contributed by atoms with Crippen LogP contribution in [0.25, 0.3) is 0 Å². The van der Waals surface area contributed by atoms with Gasteiger partial charge in [-0.05, 0) is 18.6 Å². The molecule has 0 atom stereocenters. The van der Waals surface area contributed by atoms with Gasteiger partial charge in [-0.1, -0.05) is 13.8 Å². The highest BCUT2D eigenvalue weighted by molar-refractivity contribution is 5.09. The lowest BCUT2D eigenvalue weighted by Crippen LogP contribution is -1.92. The van der Waals surface area contributed by atoms with E-state index in [0.29, 0.717) is 6.54 Å². The summed E-state index contributed by atoms with van der Waals surface area (Å²) in [5.41, 5.74) is 6.40. The van der Waals surface area contributed by atoms with Gasteiger partial charge in [0, 0.05) is 0 Å². The fourth-order valence-corrected chi connectivity index (χ4v) is 0.598. The molecule has 0 saturated carbocycles. The molecule has 58 valence electrons. The van der Waals surface area contributed by atoms with Crippen molar-refractivity contribution < 1.29 is 4.42 Å². The Labute approximate surface area is 62.0 Å². The van der Waals surface area contributed by atoms with Crippen molar-refractivity contribution in [2.75, 3.05) is 0 Å². The van der Waals surface area contributed by atoms with E-state index in [9.17, 15) is 0 Å². The summed E-state index contributed by atoms with van der Waals surface area (Å²) in [6.07, 6.45) is 1.70. The summed E-state index contributed by atoms with van der Waals surface area (Å²) < 4.78 is 4.99. The molecular weight excluding hydrogens is 126 g/mol. The topological polar surface area (TPSA) is 39.2 Å². The Morgan fingerprint density at radius 2 is 2.10 bits per heavy atom. The van der Waals surface area contributed by atoms with Crippen molar-refractivity contribution in [2.45, 2.75) is 27.3 Å². The first-order valence-corrected chi connectivity index (χ1v) is 3.57. The van der Waals surface area contributed by atoms with E-state index in [4.69, 9.17) is 10.2 Å². The predicted octanol–water partition coefficient (Wildman–Crippen LogP) is 2.07. The van der Waals surface area contributed by atoms with Gasteiger partial charge >= 0.3 is 0 Å². The molecule has 1 aromatic rings. The van der Waals surface area contributed by atoms with Crippen molar-refractivity contribution >= 4 is 0 Å². The van der Waals surface area contributed by atoms with Crippen LogP contribution in [0.3, 0.4) is 0 Å². The fraction of sp³-hybridized carbons (Fsp3) is 0.500. The van der Waals surface area contributed by atoms with Crippen molar-refractivity contribution in [2.24, 2.45) is 5.73 Å². The second-order valence-electron chi connectivity index (χ2n) is 1.79. The van der Waals surface area contributed by atoms with Crippen molar-refractivity contribution in [3.8, 4) is 0 Å². The van der Waals surface area contributed by atoms with Gasteiger partial charge in [-0.25, -0.2) is 0 Å². The molecule has 0 saturated heterocycles. The second kappa shape index (κ2) is 5.06. The summed E-state index contributed by atoms with van der Waals surface area (Å²) >= 11 is 0. The van der Waals surface area contributed by atoms with Gasteiger partial charge in [-0.3, -0.25) is 0 Å². The van der Waals surface area contributed by atoms with Gasteiger partial charge < -0.3 is 10.2 Å². The molecule has 1 heterocycles. The molecule has 0 aliphatic rings. The summed E-state index contributed by atoms with van der Waals surface area (Å²) in [7, 11) is 0. The van der Waals surface area contributed by atoms with Gasteiger partial charge in [0.15, 0.2) is 0 Å². The molecule has 2 N–H and O–H groups in total. The highest BCUT2D eigenvalue weighted by atomic mass is 16.3. The number of nitrogens with two attached hydrogens (primary N) is 1. The third-order valence-electron chi connectivity index (χ3n) is 0.986. The van der Waals surface area contributed by atoms with Crippen LogP contribution in [0.15, 0.2) is 16.7 Å². The van der Waals surface area contributed by atoms with Gasteiger partial charge in [0.1, 0.15) is 5.76 Å². The Morgan fingerprint density at radius 1 is 1.50 bits per heavy atom. The molecule has 1 rings (SSSR count). The molecule has 0 aromatic carbocycles. The zero-order valence-electron chi connectivity index (χ0n) is 6.85. The lowest BCUT2D eigenvalue weighted by molar-refractivity contribution is 0.511. The molecule has 0 spiro atoms. The van der Waals surface area contributed by atoms with E-state index < -0.39 is 0 Å². The molecule has 0 radical (unpaired) electrons. The normalized spacial score (nSPS) is 8.40. The molecule has 0 aliphatic heterocycles. The highest BCUT2D eigenvalue weighted by Gasteiger charge is 1.91. The van der Waals surface area contributed by atoms with Crippen LogP contribution in [0.2, 0.25) is 0 Å². The third kappa shape index (κ3) is 2.69. The number of rotatable bonds is 1. The molecular formula is C8H15NO. The maximum absolute atomic E-state index is 5.27. The van der Waals surface area contributed by atoms with Crippen LogP contribution in [0.1, 0.15) is 25.2 Å². The maximum Gasteiger partial charge on any atom is 0.117 e.